The number of carbonyl (C=O) groups excluding carboxylic acids is 3. The molecule has 1 saturated heterocycles. The highest BCUT2D eigenvalue weighted by molar-refractivity contribution is 8.13. The first-order valence-electron chi connectivity index (χ1n) is 15.4. The number of nitrogens with one attached hydrogen (secondary N) is 1. The van der Waals surface area contributed by atoms with Gasteiger partial charge in [-0.05, 0) is 16.7 Å². The van der Waals surface area contributed by atoms with Gasteiger partial charge in [-0.1, -0.05) is 109 Å². The number of rotatable bonds is 17. The van der Waals surface area contributed by atoms with E-state index in [1.807, 2.05) is 91.0 Å². The zero-order chi connectivity index (χ0) is 33.3. The first-order chi connectivity index (χ1) is 22.9. The van der Waals surface area contributed by atoms with Crippen molar-refractivity contribution in [2.45, 2.75) is 63.9 Å². The van der Waals surface area contributed by atoms with Gasteiger partial charge in [0, 0.05) is 19.2 Å². The highest BCUT2D eigenvalue weighted by Crippen LogP contribution is 2.32. The van der Waals surface area contributed by atoms with Crippen molar-refractivity contribution in [3.8, 4) is 0 Å². The molecule has 1 amide bonds. The van der Waals surface area contributed by atoms with Gasteiger partial charge in [-0.15, -0.1) is 6.58 Å². The Balaban J connectivity index is 1.50. The van der Waals surface area contributed by atoms with Crippen LogP contribution in [0.15, 0.2) is 104 Å². The summed E-state index contributed by atoms with van der Waals surface area (Å²) in [6.45, 7) is 5.88. The molecule has 1 N–H and O–H groups in total. The molecule has 4 rings (SSSR count). The first-order valence-corrected chi connectivity index (χ1v) is 16.4. The van der Waals surface area contributed by atoms with E-state index in [9.17, 15) is 14.4 Å². The summed E-state index contributed by atoms with van der Waals surface area (Å²) in [6, 6.07) is 28.5. The summed E-state index contributed by atoms with van der Waals surface area (Å²) < 4.78 is 36.5. The van der Waals surface area contributed by atoms with E-state index < -0.39 is 42.8 Å². The lowest BCUT2D eigenvalue weighted by Gasteiger charge is -2.45. The van der Waals surface area contributed by atoms with Crippen molar-refractivity contribution in [3.05, 3.63) is 120 Å². The minimum Gasteiger partial charge on any atom is -0.457 e. The van der Waals surface area contributed by atoms with Crippen LogP contribution in [-0.4, -0.2) is 66.8 Å². The van der Waals surface area contributed by atoms with Gasteiger partial charge in [-0.2, -0.15) is 0 Å². The number of thioether (sulfide) groups is 1. The van der Waals surface area contributed by atoms with Gasteiger partial charge in [0.25, 0.3) is 0 Å². The fraction of sp³-hybridized carbons (Fsp3) is 0.361. The van der Waals surface area contributed by atoms with Gasteiger partial charge >= 0.3 is 12.1 Å². The van der Waals surface area contributed by atoms with Crippen molar-refractivity contribution in [2.75, 3.05) is 18.9 Å². The average molecular weight is 664 g/mol. The Hall–Kier alpha value is -4.00. The highest BCUT2D eigenvalue weighted by atomic mass is 32.2. The zero-order valence-corrected chi connectivity index (χ0v) is 27.2. The van der Waals surface area contributed by atoms with Gasteiger partial charge in [0.15, 0.2) is 17.5 Å². The van der Waals surface area contributed by atoms with Crippen molar-refractivity contribution in [1.82, 2.24) is 5.32 Å². The number of esters is 1. The molecule has 0 saturated carbocycles. The predicted molar refractivity (Wildman–Crippen MR) is 177 cm³/mol. The molecule has 0 spiro atoms. The topological polar surface area (TPSA) is 119 Å². The Morgan fingerprint density at radius 1 is 0.787 bits per heavy atom. The van der Waals surface area contributed by atoms with Gasteiger partial charge in [0.1, 0.15) is 24.9 Å². The molecule has 5 atom stereocenters. The molecule has 0 bridgehead atoms. The number of hydrogen-bond acceptors (Lipinski definition) is 10. The maximum absolute atomic E-state index is 13.2. The van der Waals surface area contributed by atoms with Crippen LogP contribution in [0.4, 0.5) is 4.79 Å². The van der Waals surface area contributed by atoms with E-state index in [0.29, 0.717) is 0 Å². The quantitative estimate of drug-likeness (QED) is 0.145. The molecule has 1 aliphatic heterocycles. The molecule has 3 aromatic carbocycles. The van der Waals surface area contributed by atoms with Crippen LogP contribution in [-0.2, 0) is 57.8 Å². The van der Waals surface area contributed by atoms with Crippen LogP contribution in [0.25, 0.3) is 0 Å². The van der Waals surface area contributed by atoms with Crippen molar-refractivity contribution in [2.24, 2.45) is 0 Å². The van der Waals surface area contributed by atoms with Crippen LogP contribution in [0.2, 0.25) is 0 Å². The molecule has 3 aromatic rings. The lowest BCUT2D eigenvalue weighted by atomic mass is 9.98. The summed E-state index contributed by atoms with van der Waals surface area (Å²) in [4.78, 5) is 37.4. The van der Waals surface area contributed by atoms with Crippen molar-refractivity contribution in [3.63, 3.8) is 0 Å². The third kappa shape index (κ3) is 12.3. The number of benzene rings is 3. The van der Waals surface area contributed by atoms with E-state index in [4.69, 9.17) is 28.4 Å². The monoisotopic (exact) mass is 663 g/mol. The molecule has 11 heteroatoms. The fourth-order valence-electron chi connectivity index (χ4n) is 4.80. The Morgan fingerprint density at radius 2 is 1.34 bits per heavy atom. The van der Waals surface area contributed by atoms with Gasteiger partial charge < -0.3 is 33.7 Å². The van der Waals surface area contributed by atoms with Crippen molar-refractivity contribution < 1.29 is 42.8 Å². The Morgan fingerprint density at radius 3 is 1.89 bits per heavy atom. The van der Waals surface area contributed by atoms with Crippen molar-refractivity contribution in [1.29, 1.82) is 0 Å². The minimum absolute atomic E-state index is 0.0125. The summed E-state index contributed by atoms with van der Waals surface area (Å²) in [7, 11) is 0. The molecule has 47 heavy (non-hydrogen) atoms. The highest BCUT2D eigenvalue weighted by Gasteiger charge is 2.50. The summed E-state index contributed by atoms with van der Waals surface area (Å²) in [5.41, 5.74) is 2.67. The van der Waals surface area contributed by atoms with Gasteiger partial charge in [-0.3, -0.25) is 9.59 Å². The normalized spacial score (nSPS) is 20.6. The number of amides is 1. The number of ether oxygens (including phenoxy) is 6. The molecular formula is C36H41NO9S. The lowest BCUT2D eigenvalue weighted by Crippen LogP contribution is -2.62. The molecular weight excluding hydrogens is 622 g/mol. The van der Waals surface area contributed by atoms with Crippen LogP contribution < -0.4 is 5.32 Å². The van der Waals surface area contributed by atoms with Crippen LogP contribution >= 0.6 is 11.8 Å². The second-order valence-electron chi connectivity index (χ2n) is 10.7. The predicted octanol–water partition coefficient (Wildman–Crippen LogP) is 5.59. The molecule has 1 aliphatic rings. The average Bonchev–Trinajstić information content (AvgIpc) is 3.09. The number of alkyl carbamates (subject to hydrolysis) is 1. The van der Waals surface area contributed by atoms with E-state index in [-0.39, 0.29) is 50.3 Å². The molecule has 250 valence electrons. The maximum Gasteiger partial charge on any atom is 0.407 e. The summed E-state index contributed by atoms with van der Waals surface area (Å²) >= 11 is 1.05. The molecule has 0 aromatic heterocycles. The van der Waals surface area contributed by atoms with E-state index in [1.54, 1.807) is 6.08 Å². The molecule has 1 fully saturated rings. The second kappa shape index (κ2) is 19.6. The third-order valence-corrected chi connectivity index (χ3v) is 7.97. The standard InChI is InChI=1S/C36H41NO9S/c1-3-21-41-35-34(43-23-28-15-9-5-10-16-28)33(42-22-27-13-7-4-8-14-27)32(30(45-35)25-47-26(2)38)46-31(39)19-20-37-36(40)44-24-29-17-11-6-12-18-29/h3-18,30,32-35H,1,19-25H2,2H3,(H,37,40). The largest absolute Gasteiger partial charge is 0.457 e. The van der Waals surface area contributed by atoms with Crippen LogP contribution in [0.1, 0.15) is 30.0 Å². The van der Waals surface area contributed by atoms with Crippen LogP contribution in [0.3, 0.4) is 0 Å². The van der Waals surface area contributed by atoms with Gasteiger partial charge in [0.05, 0.1) is 26.2 Å². The second-order valence-corrected chi connectivity index (χ2v) is 11.9. The molecule has 5 unspecified atom stereocenters. The lowest BCUT2D eigenvalue weighted by molar-refractivity contribution is -0.311. The third-order valence-electron chi connectivity index (χ3n) is 7.07. The maximum atomic E-state index is 13.2. The summed E-state index contributed by atoms with van der Waals surface area (Å²) in [6.07, 6.45) is -3.50. The van der Waals surface area contributed by atoms with E-state index >= 15 is 0 Å². The molecule has 0 aliphatic carbocycles. The van der Waals surface area contributed by atoms with Crippen LogP contribution in [0, 0.1) is 0 Å². The van der Waals surface area contributed by atoms with Crippen molar-refractivity contribution >= 4 is 28.9 Å². The number of hydrogen-bond donors (Lipinski definition) is 1. The first kappa shape index (κ1) is 35.8. The van der Waals surface area contributed by atoms with Gasteiger partial charge in [-0.25, -0.2) is 4.79 Å². The zero-order valence-electron chi connectivity index (χ0n) is 26.4. The van der Waals surface area contributed by atoms with Gasteiger partial charge in [0.2, 0.25) is 0 Å². The molecule has 1 heterocycles. The Labute approximate surface area is 279 Å². The minimum atomic E-state index is -0.965. The van der Waals surface area contributed by atoms with Crippen LogP contribution in [0.5, 0.6) is 0 Å². The Kier molecular flexibility index (Phi) is 15.0. The molecule has 0 radical (unpaired) electrons. The van der Waals surface area contributed by atoms with E-state index in [1.165, 1.54) is 6.92 Å². The fourth-order valence-corrected chi connectivity index (χ4v) is 5.47. The Bertz CT molecular complexity index is 1390. The summed E-state index contributed by atoms with van der Waals surface area (Å²) in [5, 5.41) is 2.46. The smallest absolute Gasteiger partial charge is 0.407 e. The molecule has 10 nitrogen and oxygen atoms in total. The summed E-state index contributed by atoms with van der Waals surface area (Å²) in [5.74, 6) is -0.414. The van der Waals surface area contributed by atoms with E-state index in [2.05, 4.69) is 11.9 Å². The SMILES string of the molecule is C=CCOC1OC(CSC(C)=O)C(OC(=O)CCNC(=O)OCc2ccccc2)C(OCc2ccccc2)C1OCc1ccccc1. The number of carbonyl (C=O) groups is 3. The van der Waals surface area contributed by atoms with E-state index in [0.717, 1.165) is 28.5 Å².